The molecule has 1 amide bonds. The Bertz CT molecular complexity index is 147. The van der Waals surface area contributed by atoms with E-state index in [1.807, 2.05) is 6.08 Å². The van der Waals surface area contributed by atoms with Crippen molar-refractivity contribution >= 4 is 6.41 Å². The van der Waals surface area contributed by atoms with Crippen LogP contribution in [0.15, 0.2) is 12.7 Å². The third kappa shape index (κ3) is 2.35. The average Bonchev–Trinajstić information content (AvgIpc) is 2.06. The number of carbonyl (C=O) groups is 1. The van der Waals surface area contributed by atoms with Gasteiger partial charge in [-0.3, -0.25) is 4.79 Å². The third-order valence-electron chi connectivity index (χ3n) is 1.75. The van der Waals surface area contributed by atoms with Crippen LogP contribution in [0.1, 0.15) is 6.42 Å². The van der Waals surface area contributed by atoms with Crippen molar-refractivity contribution in [2.45, 2.75) is 12.5 Å². The van der Waals surface area contributed by atoms with E-state index >= 15 is 0 Å². The summed E-state index contributed by atoms with van der Waals surface area (Å²) < 4.78 is 5.38. The van der Waals surface area contributed by atoms with E-state index in [9.17, 15) is 4.79 Å². The van der Waals surface area contributed by atoms with Gasteiger partial charge in [-0.05, 0) is 6.42 Å². The molecule has 0 N–H and O–H groups in total. The molecule has 1 saturated heterocycles. The van der Waals surface area contributed by atoms with Crippen LogP contribution >= 0.6 is 0 Å². The Morgan fingerprint density at radius 1 is 1.73 bits per heavy atom. The maximum atomic E-state index is 10.4. The van der Waals surface area contributed by atoms with E-state index < -0.39 is 0 Å². The van der Waals surface area contributed by atoms with Gasteiger partial charge in [-0.2, -0.15) is 0 Å². The van der Waals surface area contributed by atoms with Gasteiger partial charge in [-0.15, -0.1) is 6.58 Å². The zero-order valence-electron chi connectivity index (χ0n) is 6.53. The Morgan fingerprint density at radius 3 is 3.18 bits per heavy atom. The van der Waals surface area contributed by atoms with E-state index in [-0.39, 0.29) is 6.10 Å². The number of ether oxygens (including phenoxy) is 1. The lowest BCUT2D eigenvalue weighted by molar-refractivity contribution is -0.125. The molecular formula is C8H13NO2. The van der Waals surface area contributed by atoms with Crippen molar-refractivity contribution in [3.8, 4) is 0 Å². The first-order valence-electron chi connectivity index (χ1n) is 3.78. The fourth-order valence-corrected chi connectivity index (χ4v) is 1.17. The summed E-state index contributed by atoms with van der Waals surface area (Å²) in [6, 6.07) is 0. The fraction of sp³-hybridized carbons (Fsp3) is 0.625. The lowest BCUT2D eigenvalue weighted by Gasteiger charge is -2.29. The minimum Gasteiger partial charge on any atom is -0.374 e. The van der Waals surface area contributed by atoms with Crippen LogP contribution in [0.2, 0.25) is 0 Å². The van der Waals surface area contributed by atoms with Gasteiger partial charge in [0.25, 0.3) is 0 Å². The first kappa shape index (κ1) is 8.27. The first-order valence-corrected chi connectivity index (χ1v) is 3.78. The summed E-state index contributed by atoms with van der Waals surface area (Å²) in [5, 5.41) is 0. The number of morpholine rings is 1. The summed E-state index contributed by atoms with van der Waals surface area (Å²) in [5.74, 6) is 0. The Morgan fingerprint density at radius 2 is 2.55 bits per heavy atom. The van der Waals surface area contributed by atoms with Gasteiger partial charge in [0.15, 0.2) is 0 Å². The average molecular weight is 155 g/mol. The van der Waals surface area contributed by atoms with Crippen LogP contribution in [0.25, 0.3) is 0 Å². The smallest absolute Gasteiger partial charge is 0.209 e. The minimum atomic E-state index is 0.159. The molecule has 0 bridgehead atoms. The van der Waals surface area contributed by atoms with Gasteiger partial charge in [0.05, 0.1) is 12.7 Å². The molecule has 0 aromatic carbocycles. The summed E-state index contributed by atoms with van der Waals surface area (Å²) in [6.07, 6.45) is 3.67. The number of amides is 1. The summed E-state index contributed by atoms with van der Waals surface area (Å²) in [7, 11) is 0. The molecule has 1 fully saturated rings. The van der Waals surface area contributed by atoms with Crippen molar-refractivity contribution in [3.05, 3.63) is 12.7 Å². The van der Waals surface area contributed by atoms with Crippen molar-refractivity contribution in [2.75, 3.05) is 19.7 Å². The predicted molar refractivity (Wildman–Crippen MR) is 42.2 cm³/mol. The van der Waals surface area contributed by atoms with Crippen LogP contribution in [0.4, 0.5) is 0 Å². The van der Waals surface area contributed by atoms with Crippen molar-refractivity contribution in [2.24, 2.45) is 0 Å². The van der Waals surface area contributed by atoms with Crippen LogP contribution in [0.5, 0.6) is 0 Å². The molecule has 62 valence electrons. The van der Waals surface area contributed by atoms with E-state index in [1.165, 1.54) is 0 Å². The molecular weight excluding hydrogens is 142 g/mol. The zero-order chi connectivity index (χ0) is 8.10. The van der Waals surface area contributed by atoms with Gasteiger partial charge in [-0.1, -0.05) is 6.08 Å². The van der Waals surface area contributed by atoms with Crippen LogP contribution in [-0.2, 0) is 9.53 Å². The second-order valence-corrected chi connectivity index (χ2v) is 2.62. The Labute approximate surface area is 66.6 Å². The molecule has 1 aliphatic rings. The van der Waals surface area contributed by atoms with Crippen LogP contribution in [0, 0.1) is 0 Å². The zero-order valence-corrected chi connectivity index (χ0v) is 6.53. The Hall–Kier alpha value is -0.830. The summed E-state index contributed by atoms with van der Waals surface area (Å²) in [4.78, 5) is 12.1. The molecule has 0 aromatic heterocycles. The van der Waals surface area contributed by atoms with Crippen molar-refractivity contribution < 1.29 is 9.53 Å². The molecule has 0 radical (unpaired) electrons. The second-order valence-electron chi connectivity index (χ2n) is 2.62. The summed E-state index contributed by atoms with van der Waals surface area (Å²) in [6.45, 7) is 5.69. The molecule has 1 aliphatic heterocycles. The standard InChI is InChI=1S/C8H13NO2/c1-2-3-8-6-9(7-10)4-5-11-8/h2,7-8H,1,3-6H2. The van der Waals surface area contributed by atoms with Crippen LogP contribution in [0.3, 0.4) is 0 Å². The molecule has 1 unspecified atom stereocenters. The normalized spacial score (nSPS) is 24.7. The maximum absolute atomic E-state index is 10.4. The van der Waals surface area contributed by atoms with Crippen molar-refractivity contribution in [3.63, 3.8) is 0 Å². The SMILES string of the molecule is C=CCC1CN(C=O)CCO1. The number of nitrogens with zero attached hydrogens (tertiary/aromatic N) is 1. The van der Waals surface area contributed by atoms with Gasteiger partial charge in [0.2, 0.25) is 6.41 Å². The van der Waals surface area contributed by atoms with Crippen molar-refractivity contribution in [1.82, 2.24) is 4.90 Å². The van der Waals surface area contributed by atoms with Gasteiger partial charge in [0.1, 0.15) is 0 Å². The third-order valence-corrected chi connectivity index (χ3v) is 1.75. The molecule has 1 rings (SSSR count). The predicted octanol–water partition coefficient (Wildman–Crippen LogP) is 0.420. The summed E-state index contributed by atoms with van der Waals surface area (Å²) in [5.41, 5.74) is 0. The van der Waals surface area contributed by atoms with E-state index in [4.69, 9.17) is 4.74 Å². The van der Waals surface area contributed by atoms with Crippen LogP contribution in [-0.4, -0.2) is 37.1 Å². The highest BCUT2D eigenvalue weighted by Gasteiger charge is 2.17. The second kappa shape index (κ2) is 4.13. The van der Waals surface area contributed by atoms with E-state index in [0.29, 0.717) is 13.2 Å². The number of hydrogen-bond donors (Lipinski definition) is 0. The van der Waals surface area contributed by atoms with Crippen LogP contribution < -0.4 is 0 Å². The molecule has 1 atom stereocenters. The highest BCUT2D eigenvalue weighted by Crippen LogP contribution is 2.06. The molecule has 0 saturated carbocycles. The van der Waals surface area contributed by atoms with Crippen molar-refractivity contribution in [1.29, 1.82) is 0 Å². The van der Waals surface area contributed by atoms with Gasteiger partial charge in [-0.25, -0.2) is 0 Å². The summed E-state index contributed by atoms with van der Waals surface area (Å²) >= 11 is 0. The fourth-order valence-electron chi connectivity index (χ4n) is 1.17. The molecule has 0 spiro atoms. The molecule has 1 heterocycles. The molecule has 3 heteroatoms. The quantitative estimate of drug-likeness (QED) is 0.436. The lowest BCUT2D eigenvalue weighted by Crippen LogP contribution is -2.41. The molecule has 3 nitrogen and oxygen atoms in total. The first-order chi connectivity index (χ1) is 5.36. The number of rotatable bonds is 3. The van der Waals surface area contributed by atoms with E-state index in [0.717, 1.165) is 19.4 Å². The topological polar surface area (TPSA) is 29.5 Å². The molecule has 11 heavy (non-hydrogen) atoms. The highest BCUT2D eigenvalue weighted by atomic mass is 16.5. The largest absolute Gasteiger partial charge is 0.374 e. The molecule has 0 aromatic rings. The number of hydrogen-bond acceptors (Lipinski definition) is 2. The van der Waals surface area contributed by atoms with E-state index in [2.05, 4.69) is 6.58 Å². The maximum Gasteiger partial charge on any atom is 0.209 e. The molecule has 0 aliphatic carbocycles. The van der Waals surface area contributed by atoms with E-state index in [1.54, 1.807) is 4.90 Å². The lowest BCUT2D eigenvalue weighted by atomic mass is 10.2. The Balaban J connectivity index is 2.32. The van der Waals surface area contributed by atoms with Gasteiger partial charge >= 0.3 is 0 Å². The number of carbonyl (C=O) groups excluding carboxylic acids is 1. The van der Waals surface area contributed by atoms with Gasteiger partial charge in [0, 0.05) is 13.1 Å². The monoisotopic (exact) mass is 155 g/mol. The Kier molecular flexibility index (Phi) is 3.11. The highest BCUT2D eigenvalue weighted by molar-refractivity contribution is 5.47. The minimum absolute atomic E-state index is 0.159. The van der Waals surface area contributed by atoms with Gasteiger partial charge < -0.3 is 9.64 Å².